The molecule has 2 unspecified atom stereocenters. The first-order valence-corrected chi connectivity index (χ1v) is 9.15. The Morgan fingerprint density at radius 3 is 2.64 bits per heavy atom. The van der Waals surface area contributed by atoms with Gasteiger partial charge in [-0.25, -0.2) is 14.3 Å². The monoisotopic (exact) mass is 425 g/mol. The number of rotatable bonds is 4. The lowest BCUT2D eigenvalue weighted by atomic mass is 9.92. The summed E-state index contributed by atoms with van der Waals surface area (Å²) in [5.41, 5.74) is 6.95. The fraction of sp³-hybridized carbons (Fsp3) is 0.263. The topological polar surface area (TPSA) is 94.1 Å². The molecule has 150 valence electrons. The van der Waals surface area contributed by atoms with E-state index in [0.717, 1.165) is 4.90 Å². The Hall–Kier alpha value is -2.29. The van der Waals surface area contributed by atoms with Crippen molar-refractivity contribution >= 4 is 24.2 Å². The number of aryl methyl sites for hydroxylation is 1. The largest absolute Gasteiger partial charge is 0.496 e. The summed E-state index contributed by atoms with van der Waals surface area (Å²) in [5, 5.41) is 6.46. The number of nitrogens with one attached hydrogen (secondary N) is 1. The van der Waals surface area contributed by atoms with Crippen molar-refractivity contribution in [2.45, 2.75) is 30.7 Å². The summed E-state index contributed by atoms with van der Waals surface area (Å²) in [4.78, 5) is 11.7. The summed E-state index contributed by atoms with van der Waals surface area (Å²) in [6.45, 7) is 3.45. The van der Waals surface area contributed by atoms with Crippen molar-refractivity contribution in [1.82, 2.24) is 10.2 Å². The van der Waals surface area contributed by atoms with E-state index in [2.05, 4.69) is 22.8 Å². The molecule has 6 nitrogen and oxygen atoms in total. The third-order valence-corrected chi connectivity index (χ3v) is 4.74. The number of thiol groups is 1. The van der Waals surface area contributed by atoms with E-state index < -0.39 is 11.8 Å². The lowest BCUT2D eigenvalue weighted by Crippen LogP contribution is -2.19. The van der Waals surface area contributed by atoms with E-state index in [1.807, 2.05) is 0 Å². The second-order valence-corrected chi connectivity index (χ2v) is 6.98. The van der Waals surface area contributed by atoms with Crippen LogP contribution in [0.1, 0.15) is 35.9 Å². The maximum atomic E-state index is 14.0. The highest BCUT2D eigenvalue weighted by Crippen LogP contribution is 2.29. The van der Waals surface area contributed by atoms with Gasteiger partial charge in [-0.05, 0) is 36.2 Å². The molecule has 0 radical (unpaired) electrons. The van der Waals surface area contributed by atoms with Gasteiger partial charge < -0.3 is 14.9 Å². The molecule has 0 aliphatic rings. The van der Waals surface area contributed by atoms with Crippen LogP contribution in [-0.2, 0) is 0 Å². The minimum absolute atomic E-state index is 0.0772. The highest BCUT2D eigenvalue weighted by Gasteiger charge is 2.24. The van der Waals surface area contributed by atoms with Crippen molar-refractivity contribution in [3.8, 4) is 5.75 Å². The van der Waals surface area contributed by atoms with Gasteiger partial charge >= 0.3 is 5.76 Å². The van der Waals surface area contributed by atoms with Gasteiger partial charge in [-0.2, -0.15) is 0 Å². The molecule has 0 saturated heterocycles. The number of aromatic amines is 1. The van der Waals surface area contributed by atoms with Gasteiger partial charge in [-0.3, -0.25) is 0 Å². The van der Waals surface area contributed by atoms with Crippen molar-refractivity contribution in [3.63, 3.8) is 0 Å². The molecular weight excluding hydrogens is 405 g/mol. The molecule has 0 spiro atoms. The number of hydrogen-bond acceptors (Lipinski definition) is 6. The molecule has 3 rings (SSSR count). The molecule has 0 fully saturated rings. The van der Waals surface area contributed by atoms with Crippen LogP contribution >= 0.6 is 24.2 Å². The number of hydrogen-bond donors (Lipinski definition) is 3. The van der Waals surface area contributed by atoms with Crippen molar-refractivity contribution in [2.75, 3.05) is 7.11 Å². The second-order valence-electron chi connectivity index (χ2n) is 6.06. The number of benzene rings is 2. The molecule has 0 saturated carbocycles. The molecule has 2 atom stereocenters. The second kappa shape index (κ2) is 9.77. The van der Waals surface area contributed by atoms with Crippen LogP contribution in [0.3, 0.4) is 0 Å². The molecule has 0 bridgehead atoms. The van der Waals surface area contributed by atoms with E-state index in [1.165, 1.54) is 0 Å². The SMILES string of the molecule is COc1cc(Cl)ccc1S.Cc1cccc(C(C)C(N)c2n[nH]c(=O)o2)c1F. The van der Waals surface area contributed by atoms with Gasteiger partial charge in [0.15, 0.2) is 0 Å². The van der Waals surface area contributed by atoms with E-state index in [0.29, 0.717) is 21.9 Å². The van der Waals surface area contributed by atoms with E-state index >= 15 is 0 Å². The predicted octanol–water partition coefficient (Wildman–Crippen LogP) is 4.25. The zero-order chi connectivity index (χ0) is 20.8. The Morgan fingerprint density at radius 2 is 2.07 bits per heavy atom. The summed E-state index contributed by atoms with van der Waals surface area (Å²) >= 11 is 9.82. The normalized spacial score (nSPS) is 12.7. The average molecular weight is 426 g/mol. The van der Waals surface area contributed by atoms with Gasteiger partial charge in [-0.1, -0.05) is 36.7 Å². The van der Waals surface area contributed by atoms with Gasteiger partial charge in [0.1, 0.15) is 11.6 Å². The lowest BCUT2D eigenvalue weighted by Gasteiger charge is -2.18. The Balaban J connectivity index is 0.000000237. The summed E-state index contributed by atoms with van der Waals surface area (Å²) in [6.07, 6.45) is 0. The van der Waals surface area contributed by atoms with Crippen LogP contribution in [0, 0.1) is 12.7 Å². The van der Waals surface area contributed by atoms with Gasteiger partial charge in [0, 0.05) is 15.8 Å². The maximum Gasteiger partial charge on any atom is 0.434 e. The van der Waals surface area contributed by atoms with Crippen LogP contribution < -0.4 is 16.2 Å². The number of aromatic nitrogens is 2. The van der Waals surface area contributed by atoms with Crippen LogP contribution in [0.4, 0.5) is 4.39 Å². The number of ether oxygens (including phenoxy) is 1. The summed E-state index contributed by atoms with van der Waals surface area (Å²) in [7, 11) is 1.59. The number of nitrogens with two attached hydrogens (primary N) is 1. The molecule has 0 aliphatic carbocycles. The van der Waals surface area contributed by atoms with Crippen molar-refractivity contribution < 1.29 is 13.5 Å². The van der Waals surface area contributed by atoms with Crippen LogP contribution in [0.5, 0.6) is 5.75 Å². The third kappa shape index (κ3) is 5.37. The van der Waals surface area contributed by atoms with Gasteiger partial charge in [0.2, 0.25) is 5.89 Å². The average Bonchev–Trinajstić information content (AvgIpc) is 3.11. The highest BCUT2D eigenvalue weighted by atomic mass is 35.5. The molecule has 1 aromatic heterocycles. The van der Waals surface area contributed by atoms with E-state index in [-0.39, 0.29) is 17.6 Å². The van der Waals surface area contributed by atoms with Crippen molar-refractivity contribution in [1.29, 1.82) is 0 Å². The zero-order valence-electron chi connectivity index (χ0n) is 15.6. The van der Waals surface area contributed by atoms with E-state index in [1.54, 1.807) is 57.4 Å². The maximum absolute atomic E-state index is 14.0. The smallest absolute Gasteiger partial charge is 0.434 e. The molecule has 3 N–H and O–H groups in total. The number of H-pyrrole nitrogens is 1. The van der Waals surface area contributed by atoms with Crippen molar-refractivity contribution in [2.24, 2.45) is 5.73 Å². The highest BCUT2D eigenvalue weighted by molar-refractivity contribution is 7.80. The molecule has 9 heteroatoms. The molecule has 3 aromatic rings. The predicted molar refractivity (Wildman–Crippen MR) is 109 cm³/mol. The van der Waals surface area contributed by atoms with Gasteiger partial charge in [0.05, 0.1) is 13.2 Å². The van der Waals surface area contributed by atoms with Crippen LogP contribution in [0.2, 0.25) is 5.02 Å². The molecule has 0 amide bonds. The Kier molecular flexibility index (Phi) is 7.68. The fourth-order valence-electron chi connectivity index (χ4n) is 2.46. The Bertz CT molecular complexity index is 993. The number of halogens is 2. The van der Waals surface area contributed by atoms with Gasteiger partial charge in [-0.15, -0.1) is 17.7 Å². The first kappa shape index (κ1) is 22.0. The van der Waals surface area contributed by atoms with E-state index in [4.69, 9.17) is 26.5 Å². The summed E-state index contributed by atoms with van der Waals surface area (Å²) in [5.74, 6) is -0.531. The van der Waals surface area contributed by atoms with E-state index in [9.17, 15) is 9.18 Å². The molecular formula is C19H21ClFN3O3S. The zero-order valence-corrected chi connectivity index (χ0v) is 17.2. The molecule has 1 heterocycles. The van der Waals surface area contributed by atoms with Crippen molar-refractivity contribution in [3.05, 3.63) is 74.8 Å². The molecule has 0 aliphatic heterocycles. The lowest BCUT2D eigenvalue weighted by molar-refractivity contribution is 0.397. The molecule has 2 aromatic carbocycles. The summed E-state index contributed by atoms with van der Waals surface area (Å²) in [6, 6.07) is 9.72. The standard InChI is InChI=1S/C12H14FN3O2.C7H7ClOS/c1-6-4-3-5-8(9(6)13)7(2)10(14)11-15-16-12(17)18-11;1-9-6-4-5(8)2-3-7(6)10/h3-5,7,10H,14H2,1-2H3,(H,16,17);2-4,10H,1H3. The van der Waals surface area contributed by atoms with Crippen LogP contribution in [0.15, 0.2) is 50.5 Å². The first-order valence-electron chi connectivity index (χ1n) is 8.33. The number of nitrogens with zero attached hydrogens (tertiary/aromatic N) is 1. The minimum atomic E-state index is -0.680. The van der Waals surface area contributed by atoms with Gasteiger partial charge in [0.25, 0.3) is 0 Å². The Morgan fingerprint density at radius 1 is 1.36 bits per heavy atom. The van der Waals surface area contributed by atoms with Crippen LogP contribution in [-0.4, -0.2) is 17.3 Å². The quantitative estimate of drug-likeness (QED) is 0.543. The number of methoxy groups -OCH3 is 1. The third-order valence-electron chi connectivity index (χ3n) is 4.13. The summed E-state index contributed by atoms with van der Waals surface area (Å²) < 4.78 is 23.7. The fourth-order valence-corrected chi connectivity index (χ4v) is 2.86. The van der Waals surface area contributed by atoms with Crippen LogP contribution in [0.25, 0.3) is 0 Å². The molecule has 28 heavy (non-hydrogen) atoms. The minimum Gasteiger partial charge on any atom is -0.496 e. The first-order chi connectivity index (χ1) is 13.2. The Labute approximate surface area is 172 Å².